The molecule has 0 spiro atoms. The predicted octanol–water partition coefficient (Wildman–Crippen LogP) is 2.39. The molecule has 0 saturated carbocycles. The average molecular weight is 264 g/mol. The summed E-state index contributed by atoms with van der Waals surface area (Å²) in [6, 6.07) is 4.06. The highest BCUT2D eigenvalue weighted by molar-refractivity contribution is 5.20. The largest absolute Gasteiger partial charge is 0.474 e. The van der Waals surface area contributed by atoms with Gasteiger partial charge in [-0.1, -0.05) is 13.8 Å². The van der Waals surface area contributed by atoms with Crippen LogP contribution in [0.15, 0.2) is 18.3 Å². The molecule has 2 heterocycles. The van der Waals surface area contributed by atoms with E-state index in [1.54, 1.807) is 0 Å². The Morgan fingerprint density at radius 1 is 1.42 bits per heavy atom. The maximum absolute atomic E-state index is 5.90. The Bertz CT molecular complexity index is 376. The van der Waals surface area contributed by atoms with E-state index in [2.05, 4.69) is 24.1 Å². The van der Waals surface area contributed by atoms with E-state index in [9.17, 15) is 0 Å². The molecule has 0 amide bonds. The van der Waals surface area contributed by atoms with Crippen LogP contribution in [0.2, 0.25) is 0 Å². The van der Waals surface area contributed by atoms with Crippen molar-refractivity contribution in [3.05, 3.63) is 23.9 Å². The number of rotatable bonds is 6. The van der Waals surface area contributed by atoms with Gasteiger partial charge in [-0.3, -0.25) is 0 Å². The number of hydrogen-bond donors (Lipinski definition) is 1. The van der Waals surface area contributed by atoms with Crippen molar-refractivity contribution in [2.75, 3.05) is 19.8 Å². The summed E-state index contributed by atoms with van der Waals surface area (Å²) in [6.45, 7) is 7.89. The molecule has 1 N–H and O–H groups in total. The Balaban J connectivity index is 1.83. The van der Waals surface area contributed by atoms with Gasteiger partial charge >= 0.3 is 0 Å². The van der Waals surface area contributed by atoms with E-state index < -0.39 is 0 Å². The maximum Gasteiger partial charge on any atom is 0.213 e. The molecule has 0 atom stereocenters. The van der Waals surface area contributed by atoms with Gasteiger partial charge in [-0.15, -0.1) is 0 Å². The molecule has 1 fully saturated rings. The summed E-state index contributed by atoms with van der Waals surface area (Å²) in [5.74, 6) is 1.40. The topological polar surface area (TPSA) is 43.4 Å². The van der Waals surface area contributed by atoms with Crippen LogP contribution in [-0.4, -0.2) is 30.8 Å². The molecule has 1 aliphatic heterocycles. The fourth-order valence-electron chi connectivity index (χ4n) is 2.09. The number of pyridine rings is 1. The van der Waals surface area contributed by atoms with Crippen LogP contribution in [0.4, 0.5) is 0 Å². The molecule has 19 heavy (non-hydrogen) atoms. The zero-order valence-electron chi connectivity index (χ0n) is 11.9. The number of ether oxygens (including phenoxy) is 2. The molecule has 1 aliphatic rings. The van der Waals surface area contributed by atoms with Crippen molar-refractivity contribution in [2.45, 2.75) is 39.3 Å². The van der Waals surface area contributed by atoms with Crippen molar-refractivity contribution in [1.29, 1.82) is 0 Å². The number of nitrogens with zero attached hydrogens (tertiary/aromatic N) is 1. The summed E-state index contributed by atoms with van der Waals surface area (Å²) in [5.41, 5.74) is 1.22. The molecule has 4 nitrogen and oxygen atoms in total. The molecule has 1 aromatic rings. The summed E-state index contributed by atoms with van der Waals surface area (Å²) in [7, 11) is 0. The summed E-state index contributed by atoms with van der Waals surface area (Å²) < 4.78 is 11.2. The first kappa shape index (κ1) is 14.3. The Hall–Kier alpha value is -1.13. The molecule has 0 bridgehead atoms. The fraction of sp³-hybridized carbons (Fsp3) is 0.667. The summed E-state index contributed by atoms with van der Waals surface area (Å²) >= 11 is 0. The highest BCUT2D eigenvalue weighted by Crippen LogP contribution is 2.16. The first-order valence-corrected chi connectivity index (χ1v) is 7.14. The zero-order valence-corrected chi connectivity index (χ0v) is 11.9. The molecule has 0 radical (unpaired) electrons. The van der Waals surface area contributed by atoms with Crippen LogP contribution in [-0.2, 0) is 11.3 Å². The third-order valence-electron chi connectivity index (χ3n) is 3.14. The Morgan fingerprint density at radius 2 is 2.21 bits per heavy atom. The first-order chi connectivity index (χ1) is 9.24. The second-order valence-corrected chi connectivity index (χ2v) is 5.46. The van der Waals surface area contributed by atoms with Gasteiger partial charge in [-0.05, 0) is 24.1 Å². The molecule has 0 aliphatic carbocycles. The van der Waals surface area contributed by atoms with Gasteiger partial charge in [0.25, 0.3) is 0 Å². The van der Waals surface area contributed by atoms with Crippen LogP contribution in [0.5, 0.6) is 5.88 Å². The van der Waals surface area contributed by atoms with Gasteiger partial charge in [0.2, 0.25) is 5.88 Å². The highest BCUT2D eigenvalue weighted by atomic mass is 16.5. The van der Waals surface area contributed by atoms with Crippen molar-refractivity contribution in [3.63, 3.8) is 0 Å². The third kappa shape index (κ3) is 5.17. The van der Waals surface area contributed by atoms with Gasteiger partial charge in [-0.25, -0.2) is 4.98 Å². The van der Waals surface area contributed by atoms with Gasteiger partial charge in [0, 0.05) is 31.6 Å². The van der Waals surface area contributed by atoms with Crippen LogP contribution < -0.4 is 10.1 Å². The molecule has 2 rings (SSSR count). The molecule has 0 unspecified atom stereocenters. The second-order valence-electron chi connectivity index (χ2n) is 5.46. The van der Waals surface area contributed by atoms with E-state index in [1.807, 2.05) is 18.3 Å². The lowest BCUT2D eigenvalue weighted by Crippen LogP contribution is -2.26. The van der Waals surface area contributed by atoms with E-state index in [-0.39, 0.29) is 6.10 Å². The van der Waals surface area contributed by atoms with E-state index in [0.717, 1.165) is 45.0 Å². The maximum atomic E-state index is 5.90. The summed E-state index contributed by atoms with van der Waals surface area (Å²) in [4.78, 5) is 4.29. The van der Waals surface area contributed by atoms with Gasteiger partial charge in [0.1, 0.15) is 6.10 Å². The Kier molecular flexibility index (Phi) is 5.61. The lowest BCUT2D eigenvalue weighted by Gasteiger charge is -2.22. The minimum absolute atomic E-state index is 0.250. The molecule has 0 aromatic carbocycles. The van der Waals surface area contributed by atoms with Crippen molar-refractivity contribution in [1.82, 2.24) is 10.3 Å². The van der Waals surface area contributed by atoms with Crippen molar-refractivity contribution in [3.8, 4) is 5.88 Å². The van der Waals surface area contributed by atoms with Gasteiger partial charge in [0.05, 0.1) is 13.2 Å². The van der Waals surface area contributed by atoms with Crippen LogP contribution >= 0.6 is 0 Å². The molecular weight excluding hydrogens is 240 g/mol. The monoisotopic (exact) mass is 264 g/mol. The molecule has 4 heteroatoms. The van der Waals surface area contributed by atoms with E-state index in [4.69, 9.17) is 9.47 Å². The number of nitrogens with one attached hydrogen (secondary N) is 1. The van der Waals surface area contributed by atoms with Gasteiger partial charge in [0.15, 0.2) is 0 Å². The third-order valence-corrected chi connectivity index (χ3v) is 3.14. The highest BCUT2D eigenvalue weighted by Gasteiger charge is 2.15. The second kappa shape index (κ2) is 7.46. The number of hydrogen-bond acceptors (Lipinski definition) is 4. The van der Waals surface area contributed by atoms with Crippen LogP contribution in [0.25, 0.3) is 0 Å². The minimum atomic E-state index is 0.250. The lowest BCUT2D eigenvalue weighted by atomic mass is 10.1. The predicted molar refractivity (Wildman–Crippen MR) is 75.3 cm³/mol. The molecule has 106 valence electrons. The van der Waals surface area contributed by atoms with E-state index >= 15 is 0 Å². The zero-order chi connectivity index (χ0) is 13.5. The quantitative estimate of drug-likeness (QED) is 0.856. The van der Waals surface area contributed by atoms with E-state index in [0.29, 0.717) is 5.92 Å². The molecule has 1 saturated heterocycles. The SMILES string of the molecule is CC(C)CNCc1ccnc(OC2CCOCC2)c1. The van der Waals surface area contributed by atoms with E-state index in [1.165, 1.54) is 5.56 Å². The molecule has 1 aromatic heterocycles. The lowest BCUT2D eigenvalue weighted by molar-refractivity contribution is 0.0237. The molecular formula is C15H24N2O2. The Morgan fingerprint density at radius 3 is 2.95 bits per heavy atom. The fourth-order valence-corrected chi connectivity index (χ4v) is 2.09. The summed E-state index contributed by atoms with van der Waals surface area (Å²) in [5, 5.41) is 3.43. The summed E-state index contributed by atoms with van der Waals surface area (Å²) in [6.07, 6.45) is 3.98. The Labute approximate surface area is 115 Å². The van der Waals surface area contributed by atoms with Gasteiger partial charge in [-0.2, -0.15) is 0 Å². The van der Waals surface area contributed by atoms with Crippen molar-refractivity contribution in [2.24, 2.45) is 5.92 Å². The minimum Gasteiger partial charge on any atom is -0.474 e. The van der Waals surface area contributed by atoms with Crippen molar-refractivity contribution >= 4 is 0 Å². The number of aromatic nitrogens is 1. The smallest absolute Gasteiger partial charge is 0.213 e. The standard InChI is InChI=1S/C15H24N2O2/c1-12(2)10-16-11-13-3-6-17-15(9-13)19-14-4-7-18-8-5-14/h3,6,9,12,14,16H,4-5,7-8,10-11H2,1-2H3. The van der Waals surface area contributed by atoms with Gasteiger partial charge < -0.3 is 14.8 Å². The van der Waals surface area contributed by atoms with Crippen LogP contribution in [0, 0.1) is 5.92 Å². The van der Waals surface area contributed by atoms with Crippen molar-refractivity contribution < 1.29 is 9.47 Å². The van der Waals surface area contributed by atoms with Crippen LogP contribution in [0.3, 0.4) is 0 Å². The first-order valence-electron chi connectivity index (χ1n) is 7.14. The average Bonchev–Trinajstić information content (AvgIpc) is 2.40. The van der Waals surface area contributed by atoms with Crippen LogP contribution in [0.1, 0.15) is 32.3 Å². The normalized spacial score (nSPS) is 16.8.